The lowest BCUT2D eigenvalue weighted by molar-refractivity contribution is -0.157. The molecule has 0 aromatic carbocycles. The zero-order valence-electron chi connectivity index (χ0n) is 16.4. The number of rotatable bonds is 8. The molecule has 0 atom stereocenters. The molecule has 0 spiro atoms. The van der Waals surface area contributed by atoms with E-state index in [1.807, 2.05) is 0 Å². The van der Waals surface area contributed by atoms with Gasteiger partial charge in [-0.1, -0.05) is 46.0 Å². The zero-order chi connectivity index (χ0) is 18.1. The van der Waals surface area contributed by atoms with Gasteiger partial charge in [0.15, 0.2) is 0 Å². The number of unbranched alkanes of at least 4 members (excludes halogenated alkanes) is 2. The van der Waals surface area contributed by atoms with Crippen LogP contribution < -0.4 is 0 Å². The van der Waals surface area contributed by atoms with E-state index >= 15 is 0 Å². The van der Waals surface area contributed by atoms with Crippen LogP contribution in [0.5, 0.6) is 0 Å². The summed E-state index contributed by atoms with van der Waals surface area (Å²) < 4.78 is 5.84. The molecule has 142 valence electrons. The monoisotopic (exact) mass is 347 g/mol. The van der Waals surface area contributed by atoms with E-state index in [0.29, 0.717) is 0 Å². The normalized spacial score (nSPS) is 32.8. The molecule has 2 rings (SSSR count). The molecule has 0 bridgehead atoms. The Morgan fingerprint density at radius 3 is 2.28 bits per heavy atom. The van der Waals surface area contributed by atoms with Crippen LogP contribution in [0.1, 0.15) is 104 Å². The number of ether oxygens (including phenoxy) is 1. The largest absolute Gasteiger partial charge is 0.462 e. The van der Waals surface area contributed by atoms with Crippen molar-refractivity contribution in [3.8, 4) is 6.07 Å². The molecule has 0 saturated heterocycles. The van der Waals surface area contributed by atoms with Gasteiger partial charge in [-0.3, -0.25) is 4.79 Å². The average Bonchev–Trinajstić information content (AvgIpc) is 2.64. The molecule has 0 N–H and O–H groups in total. The lowest BCUT2D eigenvalue weighted by atomic mass is 9.69. The van der Waals surface area contributed by atoms with Crippen molar-refractivity contribution < 1.29 is 9.53 Å². The Hall–Kier alpha value is -1.04. The number of carbonyl (C=O) groups excluding carboxylic acids is 1. The van der Waals surface area contributed by atoms with Crippen LogP contribution in [-0.2, 0) is 9.53 Å². The smallest absolute Gasteiger partial charge is 0.309 e. The molecule has 2 fully saturated rings. The second-order valence-electron chi connectivity index (χ2n) is 8.49. The third-order valence-electron chi connectivity index (χ3n) is 6.53. The Balaban J connectivity index is 1.69. The molecule has 3 nitrogen and oxygen atoms in total. The molecule has 3 heteroatoms. The first-order chi connectivity index (χ1) is 12.1. The molecular formula is C22H37NO2. The van der Waals surface area contributed by atoms with Crippen molar-refractivity contribution in [2.45, 2.75) is 110 Å². The Kier molecular flexibility index (Phi) is 8.27. The standard InChI is InChI=1S/C22H37NO2/c1-3-5-6-7-18-8-10-20(11-9-18)25-21(24)19-12-15-22(17-23,14-4-2)16-13-19/h18-20H,3-16H2,1-2H3/t18-,19-,20-,22+. The minimum Gasteiger partial charge on any atom is -0.462 e. The van der Waals surface area contributed by atoms with E-state index in [0.717, 1.165) is 57.3 Å². The van der Waals surface area contributed by atoms with Gasteiger partial charge in [-0.05, 0) is 63.7 Å². The van der Waals surface area contributed by atoms with Crippen molar-refractivity contribution in [2.24, 2.45) is 17.3 Å². The first kappa shape index (κ1) is 20.3. The Bertz CT molecular complexity index is 437. The van der Waals surface area contributed by atoms with E-state index < -0.39 is 0 Å². The van der Waals surface area contributed by atoms with Gasteiger partial charge in [0.25, 0.3) is 0 Å². The van der Waals surface area contributed by atoms with E-state index in [9.17, 15) is 10.1 Å². The Morgan fingerprint density at radius 2 is 1.72 bits per heavy atom. The maximum atomic E-state index is 12.5. The fourth-order valence-corrected chi connectivity index (χ4v) is 4.78. The van der Waals surface area contributed by atoms with Crippen molar-refractivity contribution in [3.05, 3.63) is 0 Å². The maximum absolute atomic E-state index is 12.5. The second-order valence-corrected chi connectivity index (χ2v) is 8.49. The highest BCUT2D eigenvalue weighted by Gasteiger charge is 2.38. The number of hydrogen-bond donors (Lipinski definition) is 0. The van der Waals surface area contributed by atoms with E-state index in [4.69, 9.17) is 4.74 Å². The quantitative estimate of drug-likeness (QED) is 0.390. The molecule has 0 amide bonds. The predicted octanol–water partition coefficient (Wildman–Crippen LogP) is 6.17. The van der Waals surface area contributed by atoms with Crippen LogP contribution in [0.25, 0.3) is 0 Å². The van der Waals surface area contributed by atoms with E-state index in [2.05, 4.69) is 19.9 Å². The fraction of sp³-hybridized carbons (Fsp3) is 0.909. The van der Waals surface area contributed by atoms with Gasteiger partial charge < -0.3 is 4.74 Å². The summed E-state index contributed by atoms with van der Waals surface area (Å²) in [6.07, 6.45) is 15.4. The van der Waals surface area contributed by atoms with Crippen LogP contribution in [0, 0.1) is 28.6 Å². The van der Waals surface area contributed by atoms with Gasteiger partial charge in [0, 0.05) is 0 Å². The highest BCUT2D eigenvalue weighted by molar-refractivity contribution is 5.72. The zero-order valence-corrected chi connectivity index (χ0v) is 16.4. The molecule has 25 heavy (non-hydrogen) atoms. The molecule has 0 aliphatic heterocycles. The number of esters is 1. The summed E-state index contributed by atoms with van der Waals surface area (Å²) >= 11 is 0. The predicted molar refractivity (Wildman–Crippen MR) is 101 cm³/mol. The molecule has 0 heterocycles. The lowest BCUT2D eigenvalue weighted by Gasteiger charge is -2.35. The third-order valence-corrected chi connectivity index (χ3v) is 6.53. The highest BCUT2D eigenvalue weighted by Crippen LogP contribution is 2.42. The highest BCUT2D eigenvalue weighted by atomic mass is 16.5. The van der Waals surface area contributed by atoms with Crippen LogP contribution >= 0.6 is 0 Å². The first-order valence-corrected chi connectivity index (χ1v) is 10.7. The summed E-state index contributed by atoms with van der Waals surface area (Å²) in [5, 5.41) is 9.49. The molecule has 0 aromatic rings. The molecule has 0 aromatic heterocycles. The minimum atomic E-state index is -0.178. The van der Waals surface area contributed by atoms with Crippen LogP contribution in [0.15, 0.2) is 0 Å². The van der Waals surface area contributed by atoms with E-state index in [1.54, 1.807) is 0 Å². The lowest BCUT2D eigenvalue weighted by Crippen LogP contribution is -2.33. The molecule has 2 saturated carbocycles. The van der Waals surface area contributed by atoms with Gasteiger partial charge in [-0.15, -0.1) is 0 Å². The van der Waals surface area contributed by atoms with Gasteiger partial charge in [0.1, 0.15) is 6.10 Å². The maximum Gasteiger partial charge on any atom is 0.309 e. The molecule has 0 unspecified atom stereocenters. The molecule has 2 aliphatic carbocycles. The van der Waals surface area contributed by atoms with Crippen LogP contribution in [0.2, 0.25) is 0 Å². The number of carbonyl (C=O) groups is 1. The molecule has 0 radical (unpaired) electrons. The van der Waals surface area contributed by atoms with Crippen LogP contribution in [-0.4, -0.2) is 12.1 Å². The first-order valence-electron chi connectivity index (χ1n) is 10.7. The number of hydrogen-bond acceptors (Lipinski definition) is 3. The van der Waals surface area contributed by atoms with Crippen LogP contribution in [0.3, 0.4) is 0 Å². The topological polar surface area (TPSA) is 50.1 Å². The van der Waals surface area contributed by atoms with Crippen LogP contribution in [0.4, 0.5) is 0 Å². The molecule has 2 aliphatic rings. The summed E-state index contributed by atoms with van der Waals surface area (Å²) in [6, 6.07) is 2.53. The van der Waals surface area contributed by atoms with Gasteiger partial charge >= 0.3 is 5.97 Å². The summed E-state index contributed by atoms with van der Waals surface area (Å²) in [7, 11) is 0. The molecular weight excluding hydrogens is 310 g/mol. The van der Waals surface area contributed by atoms with Crippen molar-refractivity contribution in [1.29, 1.82) is 5.26 Å². The van der Waals surface area contributed by atoms with E-state index in [1.165, 1.54) is 38.5 Å². The fourth-order valence-electron chi connectivity index (χ4n) is 4.78. The van der Waals surface area contributed by atoms with Crippen molar-refractivity contribution in [1.82, 2.24) is 0 Å². The average molecular weight is 348 g/mol. The second kappa shape index (κ2) is 10.2. The van der Waals surface area contributed by atoms with Crippen molar-refractivity contribution in [2.75, 3.05) is 0 Å². The summed E-state index contributed by atoms with van der Waals surface area (Å²) in [5.74, 6) is 0.888. The van der Waals surface area contributed by atoms with Gasteiger partial charge in [-0.25, -0.2) is 0 Å². The SMILES string of the molecule is CCCCC[C@H]1CC[C@H](OC(=O)[C@H]2CC[C@](C#N)(CCC)CC2)CC1. The minimum absolute atomic E-state index is 0.0115. The van der Waals surface area contributed by atoms with E-state index in [-0.39, 0.29) is 23.4 Å². The van der Waals surface area contributed by atoms with Crippen molar-refractivity contribution in [3.63, 3.8) is 0 Å². The van der Waals surface area contributed by atoms with Gasteiger partial charge in [0.2, 0.25) is 0 Å². The third kappa shape index (κ3) is 6.01. The summed E-state index contributed by atoms with van der Waals surface area (Å²) in [6.45, 7) is 4.39. The summed E-state index contributed by atoms with van der Waals surface area (Å²) in [4.78, 5) is 12.5. The van der Waals surface area contributed by atoms with Gasteiger partial charge in [0.05, 0.1) is 17.4 Å². The summed E-state index contributed by atoms with van der Waals surface area (Å²) in [5.41, 5.74) is -0.178. The van der Waals surface area contributed by atoms with Gasteiger partial charge in [-0.2, -0.15) is 5.26 Å². The number of nitriles is 1. The Morgan fingerprint density at radius 1 is 1.04 bits per heavy atom. The Labute approximate surface area is 154 Å². The van der Waals surface area contributed by atoms with Crippen molar-refractivity contribution >= 4 is 5.97 Å². The number of nitrogens with zero attached hydrogens (tertiary/aromatic N) is 1.